The van der Waals surface area contributed by atoms with Crippen molar-refractivity contribution < 1.29 is 9.53 Å². The molecule has 1 saturated carbocycles. The topological polar surface area (TPSA) is 29.5 Å². The molecule has 0 N–H and O–H groups in total. The molecule has 1 aromatic rings. The van der Waals surface area contributed by atoms with Gasteiger partial charge in [0, 0.05) is 26.2 Å². The Morgan fingerprint density at radius 2 is 2.00 bits per heavy atom. The third-order valence-electron chi connectivity index (χ3n) is 3.36. The van der Waals surface area contributed by atoms with E-state index in [0.717, 1.165) is 12.8 Å². The van der Waals surface area contributed by atoms with Crippen molar-refractivity contribution in [2.75, 3.05) is 14.1 Å². The summed E-state index contributed by atoms with van der Waals surface area (Å²) in [6, 6.07) is 10.1. The lowest BCUT2D eigenvalue weighted by atomic mass is 9.79. The molecular weight excluding hydrogens is 238 g/mol. The number of carbonyl (C=O) groups excluding carboxylic acids is 1. The van der Waals surface area contributed by atoms with E-state index < -0.39 is 0 Å². The zero-order valence-corrected chi connectivity index (χ0v) is 11.6. The summed E-state index contributed by atoms with van der Waals surface area (Å²) < 4.78 is 5.78. The number of hydrogen-bond donors (Lipinski definition) is 0. The van der Waals surface area contributed by atoms with Gasteiger partial charge in [0.15, 0.2) is 5.78 Å². The first-order chi connectivity index (χ1) is 9.15. The highest BCUT2D eigenvalue weighted by molar-refractivity contribution is 5.92. The molecule has 0 atom stereocenters. The second-order valence-corrected chi connectivity index (χ2v) is 5.27. The van der Waals surface area contributed by atoms with Gasteiger partial charge >= 0.3 is 0 Å². The maximum absolute atomic E-state index is 11.8. The van der Waals surface area contributed by atoms with Gasteiger partial charge in [-0.2, -0.15) is 0 Å². The van der Waals surface area contributed by atoms with Crippen LogP contribution in [0.2, 0.25) is 0 Å². The van der Waals surface area contributed by atoms with Crippen LogP contribution in [0.25, 0.3) is 0 Å². The molecule has 0 bridgehead atoms. The van der Waals surface area contributed by atoms with Crippen molar-refractivity contribution >= 4 is 5.78 Å². The Balaban J connectivity index is 1.68. The minimum atomic E-state index is 0.150. The fourth-order valence-corrected chi connectivity index (χ4v) is 2.08. The fraction of sp³-hybridized carbons (Fsp3) is 0.438. The number of benzene rings is 1. The van der Waals surface area contributed by atoms with Crippen LogP contribution in [0.4, 0.5) is 0 Å². The van der Waals surface area contributed by atoms with Crippen LogP contribution in [-0.2, 0) is 16.1 Å². The molecule has 0 saturated heterocycles. The zero-order valence-electron chi connectivity index (χ0n) is 11.6. The van der Waals surface area contributed by atoms with Crippen molar-refractivity contribution in [2.24, 2.45) is 5.92 Å². The molecule has 0 amide bonds. The Kier molecular flexibility index (Phi) is 4.74. The number of allylic oxidation sites excluding steroid dienone is 1. The minimum absolute atomic E-state index is 0.150. The van der Waals surface area contributed by atoms with E-state index in [1.807, 2.05) is 37.2 Å². The van der Waals surface area contributed by atoms with Crippen LogP contribution in [0.1, 0.15) is 18.4 Å². The molecule has 1 aromatic carbocycles. The van der Waals surface area contributed by atoms with Gasteiger partial charge in [-0.3, -0.25) is 4.79 Å². The third kappa shape index (κ3) is 4.21. The van der Waals surface area contributed by atoms with Gasteiger partial charge in [0.1, 0.15) is 0 Å². The predicted molar refractivity (Wildman–Crippen MR) is 75.6 cm³/mol. The van der Waals surface area contributed by atoms with E-state index in [4.69, 9.17) is 4.74 Å². The zero-order chi connectivity index (χ0) is 13.7. The summed E-state index contributed by atoms with van der Waals surface area (Å²) in [5.74, 6) is 0.366. The van der Waals surface area contributed by atoms with E-state index in [1.165, 1.54) is 5.56 Å². The lowest BCUT2D eigenvalue weighted by Gasteiger charge is -2.33. The van der Waals surface area contributed by atoms with Crippen molar-refractivity contribution in [3.8, 4) is 0 Å². The van der Waals surface area contributed by atoms with Crippen LogP contribution >= 0.6 is 0 Å². The lowest BCUT2D eigenvalue weighted by Crippen LogP contribution is -2.35. The lowest BCUT2D eigenvalue weighted by molar-refractivity contribution is -0.127. The van der Waals surface area contributed by atoms with Gasteiger partial charge in [0.25, 0.3) is 0 Å². The maximum Gasteiger partial charge on any atom is 0.160 e. The summed E-state index contributed by atoms with van der Waals surface area (Å²) >= 11 is 0. The van der Waals surface area contributed by atoms with E-state index in [1.54, 1.807) is 12.3 Å². The number of ether oxygens (including phenoxy) is 1. The van der Waals surface area contributed by atoms with Gasteiger partial charge in [-0.1, -0.05) is 30.3 Å². The number of ketones is 1. The minimum Gasteiger partial charge on any atom is -0.383 e. The summed E-state index contributed by atoms with van der Waals surface area (Å²) in [4.78, 5) is 13.7. The summed E-state index contributed by atoms with van der Waals surface area (Å²) in [7, 11) is 3.83. The van der Waals surface area contributed by atoms with Crippen molar-refractivity contribution in [3.63, 3.8) is 0 Å². The van der Waals surface area contributed by atoms with Crippen LogP contribution in [-0.4, -0.2) is 30.9 Å². The van der Waals surface area contributed by atoms with Crippen LogP contribution in [0.15, 0.2) is 42.6 Å². The molecular formula is C16H21NO2. The quantitative estimate of drug-likeness (QED) is 0.736. The molecule has 0 aliphatic heterocycles. The Morgan fingerprint density at radius 3 is 2.63 bits per heavy atom. The highest BCUT2D eigenvalue weighted by Gasteiger charge is 2.33. The molecule has 3 heteroatoms. The highest BCUT2D eigenvalue weighted by Crippen LogP contribution is 2.31. The molecule has 0 heterocycles. The first kappa shape index (κ1) is 13.8. The Bertz CT molecular complexity index is 433. The van der Waals surface area contributed by atoms with Gasteiger partial charge in [0.2, 0.25) is 0 Å². The molecule has 102 valence electrons. The molecule has 0 spiro atoms. The maximum atomic E-state index is 11.8. The summed E-state index contributed by atoms with van der Waals surface area (Å²) in [6.07, 6.45) is 5.41. The van der Waals surface area contributed by atoms with Gasteiger partial charge in [-0.15, -0.1) is 0 Å². The second kappa shape index (κ2) is 6.53. The summed E-state index contributed by atoms with van der Waals surface area (Å²) in [5.41, 5.74) is 1.18. The van der Waals surface area contributed by atoms with E-state index in [-0.39, 0.29) is 17.8 Å². The molecule has 1 fully saturated rings. The number of carbonyl (C=O) groups is 1. The fourth-order valence-electron chi connectivity index (χ4n) is 2.08. The SMILES string of the molecule is CN(C)/C=C/C(=O)C1CC(OCc2ccccc2)C1. The largest absolute Gasteiger partial charge is 0.383 e. The third-order valence-corrected chi connectivity index (χ3v) is 3.36. The van der Waals surface area contributed by atoms with E-state index in [9.17, 15) is 4.79 Å². The molecule has 0 unspecified atom stereocenters. The first-order valence-electron chi connectivity index (χ1n) is 6.69. The average molecular weight is 259 g/mol. The highest BCUT2D eigenvalue weighted by atomic mass is 16.5. The smallest absolute Gasteiger partial charge is 0.160 e. The molecule has 19 heavy (non-hydrogen) atoms. The first-order valence-corrected chi connectivity index (χ1v) is 6.69. The van der Waals surface area contributed by atoms with Gasteiger partial charge < -0.3 is 9.64 Å². The van der Waals surface area contributed by atoms with Crippen LogP contribution in [0.3, 0.4) is 0 Å². The number of hydrogen-bond acceptors (Lipinski definition) is 3. The normalized spacial score (nSPS) is 22.2. The van der Waals surface area contributed by atoms with Crippen molar-refractivity contribution in [1.82, 2.24) is 4.90 Å². The molecule has 0 radical (unpaired) electrons. The van der Waals surface area contributed by atoms with Crippen molar-refractivity contribution in [2.45, 2.75) is 25.6 Å². The molecule has 2 rings (SSSR count). The Labute approximate surface area is 114 Å². The standard InChI is InChI=1S/C16H21NO2/c1-17(2)9-8-16(18)14-10-15(11-14)19-12-13-6-4-3-5-7-13/h3-9,14-15H,10-12H2,1-2H3/b9-8+. The molecule has 3 nitrogen and oxygen atoms in total. The molecule has 0 aromatic heterocycles. The van der Waals surface area contributed by atoms with Crippen LogP contribution < -0.4 is 0 Å². The van der Waals surface area contributed by atoms with Crippen molar-refractivity contribution in [3.05, 3.63) is 48.2 Å². The Morgan fingerprint density at radius 1 is 1.32 bits per heavy atom. The summed E-state index contributed by atoms with van der Waals surface area (Å²) in [6.45, 7) is 0.639. The molecule has 1 aliphatic carbocycles. The second-order valence-electron chi connectivity index (χ2n) is 5.27. The summed E-state index contributed by atoms with van der Waals surface area (Å²) in [5, 5.41) is 0. The van der Waals surface area contributed by atoms with Crippen LogP contribution in [0.5, 0.6) is 0 Å². The van der Waals surface area contributed by atoms with Gasteiger partial charge in [-0.05, 0) is 24.5 Å². The van der Waals surface area contributed by atoms with Crippen molar-refractivity contribution in [1.29, 1.82) is 0 Å². The predicted octanol–water partition coefficient (Wildman–Crippen LogP) is 2.63. The van der Waals surface area contributed by atoms with E-state index >= 15 is 0 Å². The Hall–Kier alpha value is -1.61. The van der Waals surface area contributed by atoms with E-state index in [0.29, 0.717) is 6.61 Å². The average Bonchev–Trinajstić information content (AvgIpc) is 2.35. The number of nitrogens with zero attached hydrogens (tertiary/aromatic N) is 1. The molecule has 1 aliphatic rings. The van der Waals surface area contributed by atoms with Gasteiger partial charge in [-0.25, -0.2) is 0 Å². The van der Waals surface area contributed by atoms with Gasteiger partial charge in [0.05, 0.1) is 12.7 Å². The monoisotopic (exact) mass is 259 g/mol. The van der Waals surface area contributed by atoms with E-state index in [2.05, 4.69) is 12.1 Å². The van der Waals surface area contributed by atoms with Crippen LogP contribution in [0, 0.1) is 5.92 Å². The number of rotatable bonds is 6.